The summed E-state index contributed by atoms with van der Waals surface area (Å²) >= 11 is 1.07. The molecule has 0 unspecified atom stereocenters. The van der Waals surface area contributed by atoms with E-state index in [0.717, 1.165) is 11.5 Å². The van der Waals surface area contributed by atoms with Crippen LogP contribution >= 0.6 is 11.5 Å². The molecule has 1 fully saturated rings. The van der Waals surface area contributed by atoms with Gasteiger partial charge in [0.1, 0.15) is 4.83 Å². The number of hydrogen-bond donors (Lipinski definition) is 0. The number of hydroxylamine groups is 2. The number of hydrogen-bond acceptors (Lipinski definition) is 7. The van der Waals surface area contributed by atoms with Crippen molar-refractivity contribution in [3.05, 3.63) is 18.3 Å². The van der Waals surface area contributed by atoms with Crippen molar-refractivity contribution >= 4 is 27.9 Å². The first-order valence-corrected chi connectivity index (χ1v) is 7.62. The maximum Gasteiger partial charge on any atom is 0.534 e. The van der Waals surface area contributed by atoms with Gasteiger partial charge in [-0.2, -0.15) is 17.5 Å². The standard InChI is InChI=1S/C13H12F3N3O3S/c14-13(15,16)8-3-6-19(7-4-8)22-12(20)21-10-9-2-1-5-17-11(9)23-18-10/h1-2,5,8H,3-4,6-7H2. The van der Waals surface area contributed by atoms with Crippen LogP contribution in [0.3, 0.4) is 0 Å². The molecule has 1 saturated heterocycles. The predicted molar refractivity (Wildman–Crippen MR) is 74.9 cm³/mol. The van der Waals surface area contributed by atoms with Crippen LogP contribution in [0.4, 0.5) is 18.0 Å². The molecule has 2 aromatic heterocycles. The zero-order chi connectivity index (χ0) is 16.4. The van der Waals surface area contributed by atoms with Gasteiger partial charge in [0, 0.05) is 19.3 Å². The van der Waals surface area contributed by atoms with Gasteiger partial charge in [-0.3, -0.25) is 0 Å². The lowest BCUT2D eigenvalue weighted by atomic mass is 9.97. The van der Waals surface area contributed by atoms with Crippen molar-refractivity contribution in [1.82, 2.24) is 14.4 Å². The molecule has 23 heavy (non-hydrogen) atoms. The Kier molecular flexibility index (Phi) is 4.35. The largest absolute Gasteiger partial charge is 0.534 e. The molecular formula is C13H12F3N3O3S. The SMILES string of the molecule is O=C(Oc1nsc2ncccc12)ON1CCC(C(F)(F)F)CC1. The van der Waals surface area contributed by atoms with Gasteiger partial charge in [0.25, 0.3) is 0 Å². The molecule has 3 heterocycles. The van der Waals surface area contributed by atoms with Crippen LogP contribution in [0.25, 0.3) is 10.2 Å². The van der Waals surface area contributed by atoms with E-state index in [1.54, 1.807) is 18.3 Å². The van der Waals surface area contributed by atoms with Gasteiger partial charge in [-0.1, -0.05) is 0 Å². The van der Waals surface area contributed by atoms with E-state index in [9.17, 15) is 18.0 Å². The molecule has 6 nitrogen and oxygen atoms in total. The molecular weight excluding hydrogens is 335 g/mol. The lowest BCUT2D eigenvalue weighted by Crippen LogP contribution is -2.40. The average Bonchev–Trinajstić information content (AvgIpc) is 2.90. The number of nitrogens with zero attached hydrogens (tertiary/aromatic N) is 3. The third kappa shape index (κ3) is 3.70. The third-order valence-corrected chi connectivity index (χ3v) is 4.27. The number of halogens is 3. The number of alkyl halides is 3. The first-order chi connectivity index (χ1) is 10.9. The van der Waals surface area contributed by atoms with Crippen LogP contribution in [0.15, 0.2) is 18.3 Å². The van der Waals surface area contributed by atoms with Crippen molar-refractivity contribution in [3.63, 3.8) is 0 Å². The molecule has 0 amide bonds. The molecule has 1 aliphatic heterocycles. The highest BCUT2D eigenvalue weighted by Crippen LogP contribution is 2.34. The minimum atomic E-state index is -4.21. The first-order valence-electron chi connectivity index (χ1n) is 6.85. The number of carbonyl (C=O) groups is 1. The van der Waals surface area contributed by atoms with E-state index < -0.39 is 18.2 Å². The molecule has 0 saturated carbocycles. The molecule has 0 aromatic carbocycles. The van der Waals surface area contributed by atoms with Crippen molar-refractivity contribution in [3.8, 4) is 5.88 Å². The Balaban J connectivity index is 1.54. The summed E-state index contributed by atoms with van der Waals surface area (Å²) in [5.74, 6) is -1.28. The lowest BCUT2D eigenvalue weighted by molar-refractivity contribution is -0.207. The van der Waals surface area contributed by atoms with Gasteiger partial charge in [-0.15, -0.1) is 5.06 Å². The van der Waals surface area contributed by atoms with E-state index in [4.69, 9.17) is 9.57 Å². The Hall–Kier alpha value is -1.94. The monoisotopic (exact) mass is 347 g/mol. The molecule has 3 rings (SSSR count). The Morgan fingerprint density at radius 2 is 2.09 bits per heavy atom. The quantitative estimate of drug-likeness (QED) is 0.776. The summed E-state index contributed by atoms with van der Waals surface area (Å²) in [7, 11) is 0. The van der Waals surface area contributed by atoms with E-state index in [-0.39, 0.29) is 31.8 Å². The highest BCUT2D eigenvalue weighted by Gasteiger charge is 2.41. The third-order valence-electron chi connectivity index (χ3n) is 3.52. The minimum absolute atomic E-state index is 0.0125. The topological polar surface area (TPSA) is 64.5 Å². The molecule has 10 heteroatoms. The fourth-order valence-corrected chi connectivity index (χ4v) is 2.98. The molecule has 0 atom stereocenters. The summed E-state index contributed by atoms with van der Waals surface area (Å²) in [5.41, 5.74) is 0. The van der Waals surface area contributed by atoms with Crippen LogP contribution in [0, 0.1) is 5.92 Å². The normalized spacial score (nSPS) is 17.3. The van der Waals surface area contributed by atoms with E-state index in [0.29, 0.717) is 10.2 Å². The molecule has 124 valence electrons. The second kappa shape index (κ2) is 6.28. The van der Waals surface area contributed by atoms with Crippen LogP contribution in [-0.2, 0) is 4.84 Å². The van der Waals surface area contributed by atoms with Gasteiger partial charge in [0.05, 0.1) is 11.3 Å². The number of ether oxygens (including phenoxy) is 1. The fraction of sp³-hybridized carbons (Fsp3) is 0.462. The van der Waals surface area contributed by atoms with E-state index in [1.807, 2.05) is 0 Å². The van der Waals surface area contributed by atoms with Gasteiger partial charge in [0.2, 0.25) is 5.88 Å². The number of carbonyl (C=O) groups excluding carboxylic acids is 1. The van der Waals surface area contributed by atoms with Crippen molar-refractivity contribution < 1.29 is 27.5 Å². The summed E-state index contributed by atoms with van der Waals surface area (Å²) in [6.45, 7) is 0.0251. The second-order valence-corrected chi connectivity index (χ2v) is 5.78. The van der Waals surface area contributed by atoms with Gasteiger partial charge in [-0.05, 0) is 36.5 Å². The molecule has 2 aromatic rings. The Morgan fingerprint density at radius 3 is 2.78 bits per heavy atom. The van der Waals surface area contributed by atoms with Gasteiger partial charge >= 0.3 is 12.3 Å². The molecule has 0 spiro atoms. The van der Waals surface area contributed by atoms with E-state index >= 15 is 0 Å². The number of pyridine rings is 1. The van der Waals surface area contributed by atoms with Crippen LogP contribution in [0.1, 0.15) is 12.8 Å². The van der Waals surface area contributed by atoms with Gasteiger partial charge < -0.3 is 9.57 Å². The smallest absolute Gasteiger partial charge is 0.373 e. The fourth-order valence-electron chi connectivity index (χ4n) is 2.31. The maximum absolute atomic E-state index is 12.6. The summed E-state index contributed by atoms with van der Waals surface area (Å²) in [6, 6.07) is 3.38. The van der Waals surface area contributed by atoms with Crippen molar-refractivity contribution in [2.45, 2.75) is 19.0 Å². The van der Waals surface area contributed by atoms with Gasteiger partial charge in [0.15, 0.2) is 0 Å². The number of piperidine rings is 1. The second-order valence-electron chi connectivity index (χ2n) is 5.03. The lowest BCUT2D eigenvalue weighted by Gasteiger charge is -2.30. The summed E-state index contributed by atoms with van der Waals surface area (Å²) in [4.78, 5) is 21.3. The number of rotatable bonds is 2. The summed E-state index contributed by atoms with van der Waals surface area (Å²) < 4.78 is 46.7. The van der Waals surface area contributed by atoms with Crippen LogP contribution in [-0.4, -0.2) is 39.8 Å². The molecule has 0 N–H and O–H groups in total. The van der Waals surface area contributed by atoms with Crippen LogP contribution in [0.2, 0.25) is 0 Å². The zero-order valence-corrected chi connectivity index (χ0v) is 12.6. The Bertz CT molecular complexity index is 698. The molecule has 0 radical (unpaired) electrons. The van der Waals surface area contributed by atoms with Crippen molar-refractivity contribution in [1.29, 1.82) is 0 Å². The predicted octanol–water partition coefficient (Wildman–Crippen LogP) is 3.40. The molecule has 1 aliphatic rings. The van der Waals surface area contributed by atoms with E-state index in [1.165, 1.54) is 5.06 Å². The Morgan fingerprint density at radius 1 is 1.35 bits per heavy atom. The minimum Gasteiger partial charge on any atom is -0.373 e. The van der Waals surface area contributed by atoms with Crippen LogP contribution < -0.4 is 4.74 Å². The highest BCUT2D eigenvalue weighted by molar-refractivity contribution is 7.13. The van der Waals surface area contributed by atoms with E-state index in [2.05, 4.69) is 9.36 Å². The van der Waals surface area contributed by atoms with Crippen LogP contribution in [0.5, 0.6) is 5.88 Å². The molecule has 0 aliphatic carbocycles. The number of fused-ring (bicyclic) bond motifs is 1. The van der Waals surface area contributed by atoms with Gasteiger partial charge in [-0.25, -0.2) is 9.78 Å². The first kappa shape index (κ1) is 15.9. The summed E-state index contributed by atoms with van der Waals surface area (Å²) in [6.07, 6.45) is -3.86. The summed E-state index contributed by atoms with van der Waals surface area (Å²) in [5, 5.41) is 1.75. The maximum atomic E-state index is 12.6. The zero-order valence-electron chi connectivity index (χ0n) is 11.7. The Labute approximate surface area is 132 Å². The van der Waals surface area contributed by atoms with Crippen molar-refractivity contribution in [2.24, 2.45) is 5.92 Å². The molecule has 0 bridgehead atoms. The highest BCUT2D eigenvalue weighted by atomic mass is 32.1. The van der Waals surface area contributed by atoms with Crippen molar-refractivity contribution in [2.75, 3.05) is 13.1 Å². The average molecular weight is 347 g/mol. The number of aromatic nitrogens is 2.